The third-order valence-corrected chi connectivity index (χ3v) is 6.82. The van der Waals surface area contributed by atoms with E-state index in [1.54, 1.807) is 0 Å². The van der Waals surface area contributed by atoms with Crippen molar-refractivity contribution in [1.82, 2.24) is 29.8 Å². The zero-order chi connectivity index (χ0) is 22.1. The molecule has 168 valence electrons. The molecule has 0 aromatic carbocycles. The Labute approximate surface area is 189 Å². The van der Waals surface area contributed by atoms with E-state index in [1.807, 2.05) is 23.8 Å². The number of piperidine rings is 1. The number of carbonyl (C=O) groups excluding carboxylic acids is 1. The number of nitrogens with one attached hydrogen (secondary N) is 1. The van der Waals surface area contributed by atoms with Gasteiger partial charge < -0.3 is 5.32 Å². The highest BCUT2D eigenvalue weighted by molar-refractivity contribution is 5.76. The van der Waals surface area contributed by atoms with Gasteiger partial charge in [0, 0.05) is 48.9 Å². The third-order valence-electron chi connectivity index (χ3n) is 6.82. The monoisotopic (exact) mass is 432 g/mol. The minimum atomic E-state index is 0.140. The Bertz CT molecular complexity index is 1100. The van der Waals surface area contributed by atoms with E-state index < -0.39 is 0 Å². The lowest BCUT2D eigenvalue weighted by molar-refractivity contribution is -0.121. The van der Waals surface area contributed by atoms with Crippen LogP contribution in [-0.2, 0) is 17.8 Å². The molecule has 4 heterocycles. The summed E-state index contributed by atoms with van der Waals surface area (Å²) in [5.74, 6) is 0.140. The van der Waals surface area contributed by atoms with Crippen molar-refractivity contribution in [2.45, 2.75) is 77.4 Å². The molecule has 1 amide bonds. The maximum atomic E-state index is 12.2. The fraction of sp³-hybridized carbons (Fsp3) is 0.520. The molecule has 7 nitrogen and oxygen atoms in total. The van der Waals surface area contributed by atoms with Crippen LogP contribution < -0.4 is 5.32 Å². The molecule has 1 aliphatic carbocycles. The van der Waals surface area contributed by atoms with Gasteiger partial charge in [0.15, 0.2) is 5.65 Å². The molecule has 3 aromatic rings. The predicted octanol–water partition coefficient (Wildman–Crippen LogP) is 3.68. The van der Waals surface area contributed by atoms with Crippen molar-refractivity contribution in [3.63, 3.8) is 0 Å². The Morgan fingerprint density at radius 3 is 2.75 bits per heavy atom. The summed E-state index contributed by atoms with van der Waals surface area (Å²) in [5.41, 5.74) is 6.50. The molecular formula is C25H32N6O. The number of amides is 1. The van der Waals surface area contributed by atoms with Crippen LogP contribution in [0, 0.1) is 13.8 Å². The molecular weight excluding hydrogens is 400 g/mol. The van der Waals surface area contributed by atoms with Gasteiger partial charge in [-0.15, -0.1) is 0 Å². The molecule has 2 fully saturated rings. The molecule has 5 rings (SSSR count). The van der Waals surface area contributed by atoms with E-state index in [0.29, 0.717) is 24.9 Å². The van der Waals surface area contributed by atoms with Crippen LogP contribution in [-0.4, -0.2) is 43.0 Å². The van der Waals surface area contributed by atoms with Crippen LogP contribution in [0.2, 0.25) is 0 Å². The lowest BCUT2D eigenvalue weighted by Gasteiger charge is -2.34. The lowest BCUT2D eigenvalue weighted by atomic mass is 9.98. The molecule has 7 heteroatoms. The summed E-state index contributed by atoms with van der Waals surface area (Å²) in [6.07, 6.45) is 10.7. The molecule has 0 radical (unpaired) electrons. The summed E-state index contributed by atoms with van der Waals surface area (Å²) in [6.45, 7) is 6.13. The first-order valence-corrected chi connectivity index (χ1v) is 11.9. The van der Waals surface area contributed by atoms with E-state index in [4.69, 9.17) is 10.1 Å². The Morgan fingerprint density at radius 2 is 1.97 bits per heavy atom. The van der Waals surface area contributed by atoms with Gasteiger partial charge in [-0.2, -0.15) is 5.10 Å². The van der Waals surface area contributed by atoms with Crippen molar-refractivity contribution < 1.29 is 4.79 Å². The average molecular weight is 433 g/mol. The number of pyridine rings is 1. The van der Waals surface area contributed by atoms with Crippen molar-refractivity contribution in [3.05, 3.63) is 58.8 Å². The number of rotatable bonds is 7. The number of likely N-dealkylation sites (tertiary alicyclic amines) is 1. The summed E-state index contributed by atoms with van der Waals surface area (Å²) in [4.78, 5) is 23.7. The van der Waals surface area contributed by atoms with Gasteiger partial charge in [0.05, 0.1) is 11.7 Å². The second kappa shape index (κ2) is 8.98. The van der Waals surface area contributed by atoms with Gasteiger partial charge in [-0.3, -0.25) is 14.7 Å². The summed E-state index contributed by atoms with van der Waals surface area (Å²) in [7, 11) is 0. The summed E-state index contributed by atoms with van der Waals surface area (Å²) < 4.78 is 1.98. The Hall–Kier alpha value is -2.80. The van der Waals surface area contributed by atoms with E-state index in [2.05, 4.69) is 40.3 Å². The highest BCUT2D eigenvalue weighted by Gasteiger charge is 2.27. The number of hydrogen-bond acceptors (Lipinski definition) is 5. The highest BCUT2D eigenvalue weighted by Crippen LogP contribution is 2.32. The van der Waals surface area contributed by atoms with Crippen LogP contribution in [0.1, 0.15) is 72.8 Å². The van der Waals surface area contributed by atoms with Crippen LogP contribution in [0.15, 0.2) is 30.6 Å². The summed E-state index contributed by atoms with van der Waals surface area (Å²) in [6, 6.07) is 7.04. The number of nitrogens with zero attached hydrogens (tertiary/aromatic N) is 5. The molecule has 0 bridgehead atoms. The van der Waals surface area contributed by atoms with Crippen molar-refractivity contribution in [1.29, 1.82) is 0 Å². The number of aromatic nitrogens is 4. The first-order valence-electron chi connectivity index (χ1n) is 11.9. The minimum Gasteiger partial charge on any atom is -0.353 e. The van der Waals surface area contributed by atoms with Crippen molar-refractivity contribution in [2.75, 3.05) is 6.54 Å². The third kappa shape index (κ3) is 4.53. The molecule has 32 heavy (non-hydrogen) atoms. The first kappa shape index (κ1) is 21.1. The predicted molar refractivity (Wildman–Crippen MR) is 123 cm³/mol. The van der Waals surface area contributed by atoms with Gasteiger partial charge in [-0.1, -0.05) is 6.42 Å². The van der Waals surface area contributed by atoms with Crippen LogP contribution in [0.5, 0.6) is 0 Å². The second-order valence-electron chi connectivity index (χ2n) is 9.28. The van der Waals surface area contributed by atoms with Crippen LogP contribution in [0.3, 0.4) is 0 Å². The van der Waals surface area contributed by atoms with Gasteiger partial charge in [-0.05, 0) is 75.8 Å². The number of hydrogen-bond donors (Lipinski definition) is 1. The minimum absolute atomic E-state index is 0.140. The molecule has 1 saturated carbocycles. The topological polar surface area (TPSA) is 75.4 Å². The van der Waals surface area contributed by atoms with E-state index in [1.165, 1.54) is 18.4 Å². The standard InChI is InChI=1S/C25H32N6O/c1-17-21(8-9-25(32)28-20-6-7-20)18(2)31-24(27-17)15-22(29-31)23-5-3-4-14-30(23)16-19-10-12-26-13-11-19/h10-13,15,20,23H,3-9,14,16H2,1-2H3,(H,28,32). The summed E-state index contributed by atoms with van der Waals surface area (Å²) >= 11 is 0. The Kier molecular flexibility index (Phi) is 5.91. The zero-order valence-corrected chi connectivity index (χ0v) is 19.0. The maximum Gasteiger partial charge on any atom is 0.220 e. The molecule has 1 aliphatic heterocycles. The molecule has 0 spiro atoms. The molecule has 1 N–H and O–H groups in total. The molecule has 1 atom stereocenters. The Balaban J connectivity index is 1.38. The maximum absolute atomic E-state index is 12.2. The van der Waals surface area contributed by atoms with Crippen LogP contribution in [0.25, 0.3) is 5.65 Å². The zero-order valence-electron chi connectivity index (χ0n) is 19.0. The van der Waals surface area contributed by atoms with Gasteiger partial charge in [0.25, 0.3) is 0 Å². The lowest BCUT2D eigenvalue weighted by Crippen LogP contribution is -2.33. The van der Waals surface area contributed by atoms with Gasteiger partial charge >= 0.3 is 0 Å². The SMILES string of the molecule is Cc1nc2cc(C3CCCCN3Cc3ccncc3)nn2c(C)c1CCC(=O)NC1CC1. The van der Waals surface area contributed by atoms with Crippen molar-refractivity contribution in [2.24, 2.45) is 0 Å². The largest absolute Gasteiger partial charge is 0.353 e. The highest BCUT2D eigenvalue weighted by atomic mass is 16.1. The summed E-state index contributed by atoms with van der Waals surface area (Å²) in [5, 5.41) is 8.10. The van der Waals surface area contributed by atoms with E-state index >= 15 is 0 Å². The molecule has 1 saturated heterocycles. The number of aryl methyl sites for hydroxylation is 2. The molecule has 1 unspecified atom stereocenters. The van der Waals surface area contributed by atoms with E-state index in [-0.39, 0.29) is 5.91 Å². The van der Waals surface area contributed by atoms with Gasteiger partial charge in [0.1, 0.15) is 0 Å². The second-order valence-corrected chi connectivity index (χ2v) is 9.28. The van der Waals surface area contributed by atoms with E-state index in [0.717, 1.165) is 60.6 Å². The molecule has 3 aromatic heterocycles. The van der Waals surface area contributed by atoms with Crippen LogP contribution in [0.4, 0.5) is 0 Å². The fourth-order valence-corrected chi connectivity index (χ4v) is 4.87. The average Bonchev–Trinajstić information content (AvgIpc) is 3.50. The first-order chi connectivity index (χ1) is 15.6. The van der Waals surface area contributed by atoms with Crippen LogP contribution >= 0.6 is 0 Å². The molecule has 2 aliphatic rings. The van der Waals surface area contributed by atoms with E-state index in [9.17, 15) is 4.79 Å². The fourth-order valence-electron chi connectivity index (χ4n) is 4.87. The normalized spacial score (nSPS) is 19.4. The quantitative estimate of drug-likeness (QED) is 0.616. The number of fused-ring (bicyclic) bond motifs is 1. The van der Waals surface area contributed by atoms with Crippen molar-refractivity contribution in [3.8, 4) is 0 Å². The van der Waals surface area contributed by atoms with Gasteiger partial charge in [0.2, 0.25) is 5.91 Å². The number of carbonyl (C=O) groups is 1. The smallest absolute Gasteiger partial charge is 0.220 e. The van der Waals surface area contributed by atoms with Crippen molar-refractivity contribution >= 4 is 11.6 Å². The van der Waals surface area contributed by atoms with Gasteiger partial charge in [-0.25, -0.2) is 9.50 Å². The Morgan fingerprint density at radius 1 is 1.16 bits per heavy atom.